The minimum atomic E-state index is -0.912. The van der Waals surface area contributed by atoms with E-state index in [0.29, 0.717) is 0 Å². The molecule has 0 bridgehead atoms. The van der Waals surface area contributed by atoms with Crippen molar-refractivity contribution >= 4 is 17.9 Å². The van der Waals surface area contributed by atoms with Gasteiger partial charge in [-0.15, -0.1) is 0 Å². The highest BCUT2D eigenvalue weighted by molar-refractivity contribution is 5.69. The van der Waals surface area contributed by atoms with Gasteiger partial charge in [0.1, 0.15) is 12.4 Å². The van der Waals surface area contributed by atoms with E-state index in [9.17, 15) is 14.4 Å². The van der Waals surface area contributed by atoms with E-state index in [1.165, 1.54) is 26.8 Å². The first-order chi connectivity index (χ1) is 7.86. The molecule has 6 nitrogen and oxygen atoms in total. The predicted octanol–water partition coefficient (Wildman–Crippen LogP) is 0.948. The van der Waals surface area contributed by atoms with E-state index in [1.54, 1.807) is 6.92 Å². The summed E-state index contributed by atoms with van der Waals surface area (Å²) in [5, 5.41) is 0. The van der Waals surface area contributed by atoms with Crippen molar-refractivity contribution in [3.8, 4) is 0 Å². The van der Waals surface area contributed by atoms with E-state index in [0.717, 1.165) is 0 Å². The van der Waals surface area contributed by atoms with E-state index in [1.807, 2.05) is 0 Å². The Morgan fingerprint density at radius 1 is 1.06 bits per heavy atom. The smallest absolute Gasteiger partial charge is 0.307 e. The molecule has 0 aromatic heterocycles. The van der Waals surface area contributed by atoms with E-state index < -0.39 is 24.0 Å². The van der Waals surface area contributed by atoms with Gasteiger partial charge in [-0.25, -0.2) is 0 Å². The molecule has 0 aromatic carbocycles. The van der Waals surface area contributed by atoms with E-state index in [-0.39, 0.29) is 12.4 Å². The normalized spacial score (nSPS) is 12.6. The quantitative estimate of drug-likeness (QED) is 0.407. The Balaban J connectivity index is 4.68. The third kappa shape index (κ3) is 7.10. The minimum absolute atomic E-state index is 0.133. The first kappa shape index (κ1) is 15.2. The summed E-state index contributed by atoms with van der Waals surface area (Å²) >= 11 is 0. The van der Waals surface area contributed by atoms with Crippen LogP contribution in [0.3, 0.4) is 0 Å². The zero-order chi connectivity index (χ0) is 13.4. The second kappa shape index (κ2) is 7.43. The Labute approximate surface area is 99.5 Å². The van der Waals surface area contributed by atoms with Crippen LogP contribution < -0.4 is 0 Å². The molecule has 0 aliphatic carbocycles. The fourth-order valence-electron chi connectivity index (χ4n) is 1.04. The fourth-order valence-corrected chi connectivity index (χ4v) is 1.04. The Morgan fingerprint density at radius 3 is 2.00 bits per heavy atom. The van der Waals surface area contributed by atoms with Gasteiger partial charge in [0.05, 0.1) is 0 Å². The van der Waals surface area contributed by atoms with Crippen LogP contribution in [0.25, 0.3) is 0 Å². The molecular weight excluding hydrogens is 228 g/mol. The van der Waals surface area contributed by atoms with Crippen molar-refractivity contribution in [1.82, 2.24) is 0 Å². The van der Waals surface area contributed by atoms with Crippen LogP contribution in [0.2, 0.25) is 0 Å². The molecule has 6 heteroatoms. The lowest BCUT2D eigenvalue weighted by atomic mass is 10.3. The number of esters is 3. The Bertz CT molecular complexity index is 331. The fraction of sp³-hybridized carbons (Fsp3) is 0.545. The number of carbonyl (C=O) groups is 3. The van der Waals surface area contributed by atoms with Gasteiger partial charge in [-0.1, -0.05) is 0 Å². The number of rotatable bonds is 5. The van der Waals surface area contributed by atoms with Gasteiger partial charge >= 0.3 is 17.9 Å². The van der Waals surface area contributed by atoms with E-state index in [4.69, 9.17) is 14.2 Å². The Kier molecular flexibility index (Phi) is 6.62. The summed E-state index contributed by atoms with van der Waals surface area (Å²) in [6, 6.07) is 0. The van der Waals surface area contributed by atoms with Crippen LogP contribution in [0.1, 0.15) is 27.7 Å². The number of carbonyl (C=O) groups excluding carboxylic acids is 3. The van der Waals surface area contributed by atoms with Crippen LogP contribution in [-0.2, 0) is 28.6 Å². The largest absolute Gasteiger partial charge is 0.461 e. The third-order valence-electron chi connectivity index (χ3n) is 1.61. The molecule has 0 saturated carbocycles. The second-order valence-electron chi connectivity index (χ2n) is 3.19. The van der Waals surface area contributed by atoms with Crippen LogP contribution in [0, 0.1) is 0 Å². The zero-order valence-corrected chi connectivity index (χ0v) is 10.3. The van der Waals surface area contributed by atoms with Crippen molar-refractivity contribution in [2.45, 2.75) is 33.8 Å². The van der Waals surface area contributed by atoms with Crippen LogP contribution in [0.4, 0.5) is 0 Å². The maximum absolute atomic E-state index is 10.9. The molecule has 0 aromatic rings. The standard InChI is InChI=1S/C11H16O6/c1-5-10(16-8(3)13)11(17-9(4)14)6-15-7(2)12/h5,11H,6H2,1-4H3/b10-5-. The molecule has 0 radical (unpaired) electrons. The van der Waals surface area contributed by atoms with Gasteiger partial charge in [-0.05, 0) is 13.0 Å². The van der Waals surface area contributed by atoms with Crippen LogP contribution in [0.5, 0.6) is 0 Å². The predicted molar refractivity (Wildman–Crippen MR) is 57.7 cm³/mol. The molecule has 0 saturated heterocycles. The second-order valence-corrected chi connectivity index (χ2v) is 3.19. The Hall–Kier alpha value is -1.85. The minimum Gasteiger partial charge on any atom is -0.461 e. The van der Waals surface area contributed by atoms with Crippen LogP contribution in [-0.4, -0.2) is 30.6 Å². The molecule has 96 valence electrons. The molecule has 1 atom stereocenters. The number of allylic oxidation sites excluding steroid dienone is 1. The highest BCUT2D eigenvalue weighted by Gasteiger charge is 2.21. The summed E-state index contributed by atoms with van der Waals surface area (Å²) in [6.07, 6.45) is 0.559. The molecule has 1 unspecified atom stereocenters. The summed E-state index contributed by atoms with van der Waals surface area (Å²) in [6.45, 7) is 5.08. The number of ether oxygens (including phenoxy) is 3. The van der Waals surface area contributed by atoms with Crippen molar-refractivity contribution < 1.29 is 28.6 Å². The highest BCUT2D eigenvalue weighted by Crippen LogP contribution is 2.10. The van der Waals surface area contributed by atoms with Gasteiger partial charge in [-0.2, -0.15) is 0 Å². The van der Waals surface area contributed by atoms with Gasteiger partial charge in [0.2, 0.25) is 0 Å². The summed E-state index contributed by atoms with van der Waals surface area (Å²) < 4.78 is 14.5. The average molecular weight is 244 g/mol. The molecule has 0 fully saturated rings. The molecule has 0 N–H and O–H groups in total. The number of hydrogen-bond donors (Lipinski definition) is 0. The molecule has 0 aliphatic rings. The molecule has 0 spiro atoms. The van der Waals surface area contributed by atoms with Gasteiger partial charge in [0.25, 0.3) is 0 Å². The van der Waals surface area contributed by atoms with Crippen molar-refractivity contribution in [2.24, 2.45) is 0 Å². The summed E-state index contributed by atoms with van der Waals surface area (Å²) in [7, 11) is 0. The average Bonchev–Trinajstić information content (AvgIpc) is 2.20. The van der Waals surface area contributed by atoms with Crippen LogP contribution in [0.15, 0.2) is 11.8 Å². The third-order valence-corrected chi connectivity index (χ3v) is 1.61. The lowest BCUT2D eigenvalue weighted by Crippen LogP contribution is -2.27. The van der Waals surface area contributed by atoms with Crippen molar-refractivity contribution in [3.05, 3.63) is 11.8 Å². The molecule has 17 heavy (non-hydrogen) atoms. The van der Waals surface area contributed by atoms with Gasteiger partial charge in [0.15, 0.2) is 6.10 Å². The summed E-state index contributed by atoms with van der Waals surface area (Å²) in [4.78, 5) is 32.4. The van der Waals surface area contributed by atoms with E-state index >= 15 is 0 Å². The van der Waals surface area contributed by atoms with Gasteiger partial charge in [0, 0.05) is 20.8 Å². The van der Waals surface area contributed by atoms with Crippen molar-refractivity contribution in [3.63, 3.8) is 0 Å². The van der Waals surface area contributed by atoms with E-state index in [2.05, 4.69) is 0 Å². The van der Waals surface area contributed by atoms with Gasteiger partial charge < -0.3 is 14.2 Å². The SMILES string of the molecule is C/C=C(\OC(C)=O)C(COC(C)=O)OC(C)=O. The van der Waals surface area contributed by atoms with Gasteiger partial charge in [-0.3, -0.25) is 14.4 Å². The first-order valence-corrected chi connectivity index (χ1v) is 5.02. The molecule has 0 amide bonds. The molecule has 0 heterocycles. The monoisotopic (exact) mass is 244 g/mol. The topological polar surface area (TPSA) is 78.9 Å². The molecule has 0 aliphatic heterocycles. The van der Waals surface area contributed by atoms with Crippen molar-refractivity contribution in [1.29, 1.82) is 0 Å². The van der Waals surface area contributed by atoms with Crippen molar-refractivity contribution in [2.75, 3.05) is 6.61 Å². The Morgan fingerprint density at radius 2 is 1.65 bits per heavy atom. The summed E-state index contributed by atoms with van der Waals surface area (Å²) in [5.74, 6) is -1.49. The van der Waals surface area contributed by atoms with Crippen LogP contribution >= 0.6 is 0 Å². The molecular formula is C11H16O6. The number of hydrogen-bond acceptors (Lipinski definition) is 6. The maximum Gasteiger partial charge on any atom is 0.307 e. The highest BCUT2D eigenvalue weighted by atomic mass is 16.6. The maximum atomic E-state index is 10.9. The zero-order valence-electron chi connectivity index (χ0n) is 10.3. The first-order valence-electron chi connectivity index (χ1n) is 5.02. The molecule has 0 rings (SSSR count). The summed E-state index contributed by atoms with van der Waals surface area (Å²) in [5.41, 5.74) is 0. The lowest BCUT2D eigenvalue weighted by molar-refractivity contribution is -0.158. The lowest BCUT2D eigenvalue weighted by Gasteiger charge is -2.18.